The number of amides is 3. The van der Waals surface area contributed by atoms with Crippen molar-refractivity contribution in [2.75, 3.05) is 24.5 Å². The van der Waals surface area contributed by atoms with Crippen LogP contribution < -0.4 is 4.90 Å². The molecular weight excluding hydrogens is 314 g/mol. The SMILES string of the molecule is C[C@@]12CCCN1C(=O)N([C@H]1CCN(c3ccc(Cl)cc3)C1)C2=O. The topological polar surface area (TPSA) is 43.9 Å². The lowest BCUT2D eigenvalue weighted by molar-refractivity contribution is -0.133. The smallest absolute Gasteiger partial charge is 0.327 e. The van der Waals surface area contributed by atoms with Crippen LogP contribution in [0.15, 0.2) is 24.3 Å². The van der Waals surface area contributed by atoms with Gasteiger partial charge >= 0.3 is 6.03 Å². The lowest BCUT2D eigenvalue weighted by atomic mass is 9.99. The van der Waals surface area contributed by atoms with E-state index in [-0.39, 0.29) is 18.0 Å². The van der Waals surface area contributed by atoms with Crippen molar-refractivity contribution in [1.29, 1.82) is 0 Å². The molecule has 23 heavy (non-hydrogen) atoms. The summed E-state index contributed by atoms with van der Waals surface area (Å²) >= 11 is 5.94. The number of anilines is 1. The van der Waals surface area contributed by atoms with E-state index < -0.39 is 5.54 Å². The van der Waals surface area contributed by atoms with Gasteiger partial charge in [0, 0.05) is 30.3 Å². The number of fused-ring (bicyclic) bond motifs is 1. The number of carbonyl (C=O) groups excluding carboxylic acids is 2. The van der Waals surface area contributed by atoms with Crippen molar-refractivity contribution in [3.8, 4) is 0 Å². The monoisotopic (exact) mass is 333 g/mol. The molecule has 122 valence electrons. The van der Waals surface area contributed by atoms with E-state index in [4.69, 9.17) is 11.6 Å². The maximum absolute atomic E-state index is 12.8. The number of rotatable bonds is 2. The summed E-state index contributed by atoms with van der Waals surface area (Å²) in [5, 5.41) is 0.711. The fourth-order valence-electron chi connectivity index (χ4n) is 4.13. The van der Waals surface area contributed by atoms with E-state index in [0.717, 1.165) is 31.5 Å². The largest absolute Gasteiger partial charge is 0.369 e. The molecule has 4 rings (SSSR count). The van der Waals surface area contributed by atoms with Crippen molar-refractivity contribution in [2.24, 2.45) is 0 Å². The molecule has 2 atom stereocenters. The summed E-state index contributed by atoms with van der Waals surface area (Å²) < 4.78 is 0. The number of benzene rings is 1. The first kappa shape index (κ1) is 14.8. The lowest BCUT2D eigenvalue weighted by Gasteiger charge is -2.24. The second-order valence-electron chi connectivity index (χ2n) is 6.85. The molecule has 3 aliphatic heterocycles. The number of hydrogen-bond acceptors (Lipinski definition) is 3. The van der Waals surface area contributed by atoms with E-state index in [9.17, 15) is 9.59 Å². The Kier molecular flexibility index (Phi) is 3.30. The molecule has 0 aliphatic carbocycles. The van der Waals surface area contributed by atoms with Crippen LogP contribution in [0.25, 0.3) is 0 Å². The van der Waals surface area contributed by atoms with E-state index in [1.807, 2.05) is 31.2 Å². The van der Waals surface area contributed by atoms with Gasteiger partial charge in [-0.3, -0.25) is 9.69 Å². The fraction of sp³-hybridized carbons (Fsp3) is 0.529. The van der Waals surface area contributed by atoms with Crippen LogP contribution in [0.4, 0.5) is 10.5 Å². The third-order valence-electron chi connectivity index (χ3n) is 5.48. The highest BCUT2D eigenvalue weighted by Gasteiger charge is 2.58. The minimum atomic E-state index is -0.606. The lowest BCUT2D eigenvalue weighted by Crippen LogP contribution is -2.45. The highest BCUT2D eigenvalue weighted by molar-refractivity contribution is 6.30. The van der Waals surface area contributed by atoms with Crippen molar-refractivity contribution in [1.82, 2.24) is 9.80 Å². The molecule has 3 amide bonds. The van der Waals surface area contributed by atoms with Crippen molar-refractivity contribution >= 4 is 29.2 Å². The van der Waals surface area contributed by atoms with Gasteiger partial charge in [0.25, 0.3) is 5.91 Å². The fourth-order valence-corrected chi connectivity index (χ4v) is 4.26. The molecule has 0 aromatic heterocycles. The molecule has 1 aromatic rings. The Bertz CT molecular complexity index is 662. The first-order valence-corrected chi connectivity index (χ1v) is 8.54. The standard InChI is InChI=1S/C17H20ClN3O2/c1-17-8-2-9-20(17)16(23)21(15(17)22)14-7-10-19(11-14)13-5-3-12(18)4-6-13/h3-6,14H,2,7-11H2,1H3/t14-,17-/m0/s1. The normalized spacial score (nSPS) is 30.5. The Morgan fingerprint density at radius 1 is 1.17 bits per heavy atom. The summed E-state index contributed by atoms with van der Waals surface area (Å²) in [6.45, 7) is 4.15. The number of halogens is 1. The second kappa shape index (κ2) is 5.13. The first-order valence-electron chi connectivity index (χ1n) is 8.16. The third kappa shape index (κ3) is 2.13. The van der Waals surface area contributed by atoms with E-state index in [1.165, 1.54) is 4.90 Å². The summed E-state index contributed by atoms with van der Waals surface area (Å²) in [7, 11) is 0. The molecule has 3 fully saturated rings. The summed E-state index contributed by atoms with van der Waals surface area (Å²) in [5.74, 6) is -0.0112. The molecule has 3 aliphatic rings. The number of nitrogens with zero attached hydrogens (tertiary/aromatic N) is 3. The predicted molar refractivity (Wildman–Crippen MR) is 88.7 cm³/mol. The first-order chi connectivity index (χ1) is 11.0. The predicted octanol–water partition coefficient (Wildman–Crippen LogP) is 2.74. The molecule has 0 bridgehead atoms. The van der Waals surface area contributed by atoms with Crippen molar-refractivity contribution < 1.29 is 9.59 Å². The van der Waals surface area contributed by atoms with Gasteiger partial charge in [0.15, 0.2) is 0 Å². The highest BCUT2D eigenvalue weighted by atomic mass is 35.5. The Labute approximate surface area is 140 Å². The molecule has 3 heterocycles. The van der Waals surface area contributed by atoms with Gasteiger partial charge in [-0.25, -0.2) is 4.79 Å². The van der Waals surface area contributed by atoms with Crippen LogP contribution in [0, 0.1) is 0 Å². The minimum absolute atomic E-state index is 0.0112. The van der Waals surface area contributed by atoms with E-state index in [0.29, 0.717) is 18.1 Å². The van der Waals surface area contributed by atoms with E-state index in [2.05, 4.69) is 4.90 Å². The third-order valence-corrected chi connectivity index (χ3v) is 5.73. The zero-order chi connectivity index (χ0) is 16.2. The van der Waals surface area contributed by atoms with Gasteiger partial charge in [0.05, 0.1) is 6.04 Å². The molecule has 3 saturated heterocycles. The molecular formula is C17H20ClN3O2. The number of hydrogen-bond donors (Lipinski definition) is 0. The zero-order valence-corrected chi connectivity index (χ0v) is 13.9. The number of urea groups is 1. The molecule has 5 nitrogen and oxygen atoms in total. The Morgan fingerprint density at radius 2 is 1.91 bits per heavy atom. The maximum Gasteiger partial charge on any atom is 0.327 e. The quantitative estimate of drug-likeness (QED) is 0.782. The van der Waals surface area contributed by atoms with Crippen LogP contribution in [0.1, 0.15) is 26.2 Å². The zero-order valence-electron chi connectivity index (χ0n) is 13.2. The molecule has 0 N–H and O–H groups in total. The van der Waals surface area contributed by atoms with Gasteiger partial charge < -0.3 is 9.80 Å². The second-order valence-corrected chi connectivity index (χ2v) is 7.29. The van der Waals surface area contributed by atoms with Crippen molar-refractivity contribution in [3.05, 3.63) is 29.3 Å². The van der Waals surface area contributed by atoms with Crippen LogP contribution in [-0.4, -0.2) is 53.0 Å². The molecule has 0 radical (unpaired) electrons. The maximum atomic E-state index is 12.8. The summed E-state index contributed by atoms with van der Waals surface area (Å²) in [6, 6.07) is 7.57. The van der Waals surface area contributed by atoms with Crippen molar-refractivity contribution in [2.45, 2.75) is 37.8 Å². The van der Waals surface area contributed by atoms with Gasteiger partial charge in [-0.05, 0) is 50.5 Å². The van der Waals surface area contributed by atoms with Gasteiger partial charge in [0.1, 0.15) is 5.54 Å². The van der Waals surface area contributed by atoms with Gasteiger partial charge in [-0.15, -0.1) is 0 Å². The van der Waals surface area contributed by atoms with Crippen LogP contribution >= 0.6 is 11.6 Å². The van der Waals surface area contributed by atoms with Crippen LogP contribution in [0.2, 0.25) is 5.02 Å². The average molecular weight is 334 g/mol. The molecule has 6 heteroatoms. The molecule has 1 aromatic carbocycles. The average Bonchev–Trinajstić information content (AvgIpc) is 3.19. The van der Waals surface area contributed by atoms with E-state index in [1.54, 1.807) is 4.90 Å². The summed E-state index contributed by atoms with van der Waals surface area (Å²) in [6.07, 6.45) is 2.52. The molecule has 0 unspecified atom stereocenters. The van der Waals surface area contributed by atoms with Gasteiger partial charge in [-0.1, -0.05) is 11.6 Å². The summed E-state index contributed by atoms with van der Waals surface area (Å²) in [4.78, 5) is 31.0. The number of imide groups is 1. The Hall–Kier alpha value is -1.75. The minimum Gasteiger partial charge on any atom is -0.369 e. The highest BCUT2D eigenvalue weighted by Crippen LogP contribution is 2.39. The Balaban J connectivity index is 1.53. The molecule has 0 saturated carbocycles. The van der Waals surface area contributed by atoms with E-state index >= 15 is 0 Å². The van der Waals surface area contributed by atoms with Gasteiger partial charge in [-0.2, -0.15) is 0 Å². The Morgan fingerprint density at radius 3 is 2.61 bits per heavy atom. The van der Waals surface area contributed by atoms with Crippen LogP contribution in [0.5, 0.6) is 0 Å². The van der Waals surface area contributed by atoms with Crippen LogP contribution in [-0.2, 0) is 4.79 Å². The number of carbonyl (C=O) groups is 2. The van der Waals surface area contributed by atoms with Gasteiger partial charge in [0.2, 0.25) is 0 Å². The molecule has 0 spiro atoms. The van der Waals surface area contributed by atoms with Crippen LogP contribution in [0.3, 0.4) is 0 Å². The summed E-state index contributed by atoms with van der Waals surface area (Å²) in [5.41, 5.74) is 0.479. The van der Waals surface area contributed by atoms with Crippen molar-refractivity contribution in [3.63, 3.8) is 0 Å².